The van der Waals surface area contributed by atoms with Gasteiger partial charge in [0.25, 0.3) is 5.91 Å². The second-order valence-electron chi connectivity index (χ2n) is 6.88. The van der Waals surface area contributed by atoms with Crippen molar-refractivity contribution in [3.05, 3.63) is 65.7 Å². The van der Waals surface area contributed by atoms with Crippen LogP contribution in [0.1, 0.15) is 37.9 Å². The zero-order chi connectivity index (χ0) is 21.9. The average Bonchev–Trinajstić information content (AvgIpc) is 2.73. The van der Waals surface area contributed by atoms with Crippen molar-refractivity contribution in [3.63, 3.8) is 0 Å². The normalized spacial score (nSPS) is 11.7. The smallest absolute Gasteiger partial charge is 0.329 e. The SMILES string of the molecule is CC(C)NC(=O)C(=O)N/N=C\c1ccc(OCC(=O)N[C@H](C)c2ccccc2)cc1. The third kappa shape index (κ3) is 7.75. The summed E-state index contributed by atoms with van der Waals surface area (Å²) in [7, 11) is 0. The summed E-state index contributed by atoms with van der Waals surface area (Å²) in [5.74, 6) is -1.28. The predicted molar refractivity (Wildman–Crippen MR) is 114 cm³/mol. The van der Waals surface area contributed by atoms with E-state index in [0.29, 0.717) is 11.3 Å². The van der Waals surface area contributed by atoms with Crippen LogP contribution in [0, 0.1) is 0 Å². The molecular formula is C22H26N4O4. The lowest BCUT2D eigenvalue weighted by atomic mass is 10.1. The van der Waals surface area contributed by atoms with Crippen LogP contribution in [0.25, 0.3) is 0 Å². The number of hydrazone groups is 1. The van der Waals surface area contributed by atoms with Crippen molar-refractivity contribution >= 4 is 23.9 Å². The molecule has 1 atom stereocenters. The van der Waals surface area contributed by atoms with Gasteiger partial charge >= 0.3 is 11.8 Å². The Labute approximate surface area is 175 Å². The van der Waals surface area contributed by atoms with Gasteiger partial charge in [-0.15, -0.1) is 0 Å². The number of carbonyl (C=O) groups excluding carboxylic acids is 3. The Hall–Kier alpha value is -3.68. The highest BCUT2D eigenvalue weighted by Crippen LogP contribution is 2.13. The lowest BCUT2D eigenvalue weighted by Gasteiger charge is -2.14. The first kappa shape index (κ1) is 22.6. The van der Waals surface area contributed by atoms with Crippen LogP contribution in [0.4, 0.5) is 0 Å². The summed E-state index contributed by atoms with van der Waals surface area (Å²) in [5.41, 5.74) is 3.86. The zero-order valence-electron chi connectivity index (χ0n) is 17.2. The van der Waals surface area contributed by atoms with Gasteiger partial charge in [-0.05, 0) is 56.2 Å². The molecule has 158 valence electrons. The molecule has 0 spiro atoms. The van der Waals surface area contributed by atoms with Crippen LogP contribution >= 0.6 is 0 Å². The number of amides is 3. The van der Waals surface area contributed by atoms with Gasteiger partial charge in [0.2, 0.25) is 0 Å². The topological polar surface area (TPSA) is 109 Å². The Kier molecular flexibility index (Phi) is 8.56. The Balaban J connectivity index is 1.77. The number of benzene rings is 2. The van der Waals surface area contributed by atoms with E-state index < -0.39 is 11.8 Å². The molecule has 0 aliphatic rings. The fourth-order valence-corrected chi connectivity index (χ4v) is 2.45. The molecule has 0 saturated carbocycles. The summed E-state index contributed by atoms with van der Waals surface area (Å²) in [4.78, 5) is 35.1. The molecule has 0 aliphatic carbocycles. The van der Waals surface area contributed by atoms with E-state index in [1.165, 1.54) is 6.21 Å². The minimum absolute atomic E-state index is 0.106. The molecule has 3 N–H and O–H groups in total. The summed E-state index contributed by atoms with van der Waals surface area (Å²) in [5, 5.41) is 9.09. The van der Waals surface area contributed by atoms with Gasteiger partial charge in [-0.25, -0.2) is 5.43 Å². The lowest BCUT2D eigenvalue weighted by Crippen LogP contribution is -2.41. The van der Waals surface area contributed by atoms with Crippen LogP contribution in [0.5, 0.6) is 5.75 Å². The monoisotopic (exact) mass is 410 g/mol. The Bertz CT molecular complexity index is 880. The standard InChI is InChI=1S/C22H26N4O4/c1-15(2)24-21(28)22(29)26-23-13-17-9-11-19(12-10-17)30-14-20(27)25-16(3)18-7-5-4-6-8-18/h4-13,15-16H,14H2,1-3H3,(H,24,28)(H,25,27)(H,26,29)/b23-13-/t16-/m1/s1. The maximum absolute atomic E-state index is 12.1. The maximum atomic E-state index is 12.1. The highest BCUT2D eigenvalue weighted by Gasteiger charge is 2.13. The number of hydrogen-bond donors (Lipinski definition) is 3. The second kappa shape index (κ2) is 11.4. The van der Waals surface area contributed by atoms with E-state index in [-0.39, 0.29) is 24.6 Å². The van der Waals surface area contributed by atoms with Gasteiger partial charge in [-0.2, -0.15) is 5.10 Å². The first-order chi connectivity index (χ1) is 14.3. The quantitative estimate of drug-likeness (QED) is 0.351. The van der Waals surface area contributed by atoms with Gasteiger partial charge < -0.3 is 15.4 Å². The van der Waals surface area contributed by atoms with Crippen LogP contribution in [-0.2, 0) is 14.4 Å². The van der Waals surface area contributed by atoms with Gasteiger partial charge in [0.05, 0.1) is 12.3 Å². The fraction of sp³-hybridized carbons (Fsp3) is 0.273. The average molecular weight is 410 g/mol. The molecule has 2 aromatic carbocycles. The molecule has 0 radical (unpaired) electrons. The Morgan fingerprint density at radius 2 is 1.60 bits per heavy atom. The van der Waals surface area contributed by atoms with Crippen LogP contribution in [0.3, 0.4) is 0 Å². The van der Waals surface area contributed by atoms with Gasteiger partial charge in [-0.3, -0.25) is 14.4 Å². The van der Waals surface area contributed by atoms with E-state index in [1.807, 2.05) is 37.3 Å². The predicted octanol–water partition coefficient (Wildman–Crippen LogP) is 1.92. The number of nitrogens with one attached hydrogen (secondary N) is 3. The van der Waals surface area contributed by atoms with E-state index >= 15 is 0 Å². The molecule has 30 heavy (non-hydrogen) atoms. The molecular weight excluding hydrogens is 384 g/mol. The van der Waals surface area contributed by atoms with E-state index in [9.17, 15) is 14.4 Å². The van der Waals surface area contributed by atoms with Crippen molar-refractivity contribution in [2.75, 3.05) is 6.61 Å². The molecule has 0 saturated heterocycles. The van der Waals surface area contributed by atoms with Gasteiger partial charge in [0.15, 0.2) is 6.61 Å². The highest BCUT2D eigenvalue weighted by atomic mass is 16.5. The lowest BCUT2D eigenvalue weighted by molar-refractivity contribution is -0.139. The summed E-state index contributed by atoms with van der Waals surface area (Å²) in [6.45, 7) is 5.31. The number of ether oxygens (including phenoxy) is 1. The maximum Gasteiger partial charge on any atom is 0.329 e. The van der Waals surface area contributed by atoms with Crippen molar-refractivity contribution in [2.24, 2.45) is 5.10 Å². The summed E-state index contributed by atoms with van der Waals surface area (Å²) >= 11 is 0. The molecule has 0 aliphatic heterocycles. The third-order valence-corrected chi connectivity index (χ3v) is 3.93. The molecule has 0 bridgehead atoms. The molecule has 0 aromatic heterocycles. The summed E-state index contributed by atoms with van der Waals surface area (Å²) in [6, 6.07) is 16.2. The molecule has 2 aromatic rings. The third-order valence-electron chi connectivity index (χ3n) is 3.93. The Morgan fingerprint density at radius 1 is 0.933 bits per heavy atom. The summed E-state index contributed by atoms with van der Waals surface area (Å²) in [6.07, 6.45) is 1.40. The van der Waals surface area contributed by atoms with Gasteiger partial charge in [0.1, 0.15) is 5.75 Å². The van der Waals surface area contributed by atoms with Crippen LogP contribution in [0.15, 0.2) is 59.7 Å². The summed E-state index contributed by atoms with van der Waals surface area (Å²) < 4.78 is 5.49. The largest absolute Gasteiger partial charge is 0.484 e. The molecule has 2 rings (SSSR count). The van der Waals surface area contributed by atoms with Crippen LogP contribution in [-0.4, -0.2) is 36.6 Å². The van der Waals surface area contributed by atoms with E-state index in [0.717, 1.165) is 5.56 Å². The van der Waals surface area contributed by atoms with Gasteiger partial charge in [-0.1, -0.05) is 30.3 Å². The van der Waals surface area contributed by atoms with Crippen LogP contribution < -0.4 is 20.8 Å². The molecule has 0 fully saturated rings. The van der Waals surface area contributed by atoms with E-state index in [2.05, 4.69) is 21.2 Å². The first-order valence-corrected chi connectivity index (χ1v) is 9.56. The zero-order valence-corrected chi connectivity index (χ0v) is 17.2. The van der Waals surface area contributed by atoms with Crippen molar-refractivity contribution < 1.29 is 19.1 Å². The van der Waals surface area contributed by atoms with E-state index in [1.54, 1.807) is 38.1 Å². The van der Waals surface area contributed by atoms with Crippen molar-refractivity contribution in [1.29, 1.82) is 0 Å². The fourth-order valence-electron chi connectivity index (χ4n) is 2.45. The van der Waals surface area contributed by atoms with Crippen molar-refractivity contribution in [3.8, 4) is 5.75 Å². The second-order valence-corrected chi connectivity index (χ2v) is 6.88. The van der Waals surface area contributed by atoms with Crippen molar-refractivity contribution in [2.45, 2.75) is 32.9 Å². The first-order valence-electron chi connectivity index (χ1n) is 9.56. The van der Waals surface area contributed by atoms with Crippen LogP contribution in [0.2, 0.25) is 0 Å². The Morgan fingerprint density at radius 3 is 2.23 bits per heavy atom. The molecule has 8 nitrogen and oxygen atoms in total. The highest BCUT2D eigenvalue weighted by molar-refractivity contribution is 6.35. The number of hydrogen-bond acceptors (Lipinski definition) is 5. The van der Waals surface area contributed by atoms with Crippen molar-refractivity contribution in [1.82, 2.24) is 16.1 Å². The number of rotatable bonds is 8. The molecule has 3 amide bonds. The number of nitrogens with zero attached hydrogens (tertiary/aromatic N) is 1. The van der Waals surface area contributed by atoms with E-state index in [4.69, 9.17) is 4.74 Å². The number of carbonyl (C=O) groups is 3. The molecule has 0 heterocycles. The van der Waals surface area contributed by atoms with Gasteiger partial charge in [0, 0.05) is 6.04 Å². The molecule has 0 unspecified atom stereocenters. The minimum atomic E-state index is -0.837. The molecule has 8 heteroatoms. The minimum Gasteiger partial charge on any atom is -0.484 e.